The van der Waals surface area contributed by atoms with Gasteiger partial charge in [0.05, 0.1) is 17.8 Å². The van der Waals surface area contributed by atoms with E-state index < -0.39 is 0 Å². The fourth-order valence-electron chi connectivity index (χ4n) is 1.69. The Kier molecular flexibility index (Phi) is 2.26. The molecule has 3 rings (SSSR count). The molecule has 0 aliphatic carbocycles. The van der Waals surface area contributed by atoms with Gasteiger partial charge >= 0.3 is 0 Å². The van der Waals surface area contributed by atoms with E-state index >= 15 is 0 Å². The van der Waals surface area contributed by atoms with E-state index in [1.165, 1.54) is 0 Å². The van der Waals surface area contributed by atoms with E-state index in [0.29, 0.717) is 6.61 Å². The number of epoxide rings is 1. The Bertz CT molecular complexity index is 520. The quantitative estimate of drug-likeness (QED) is 0.737. The largest absolute Gasteiger partial charge is 0.489 e. The number of nitrogens with zero attached hydrogens (tertiary/aromatic N) is 1. The van der Waals surface area contributed by atoms with Crippen LogP contribution < -0.4 is 4.74 Å². The third-order valence-electron chi connectivity index (χ3n) is 2.70. The van der Waals surface area contributed by atoms with Crippen molar-refractivity contribution in [2.75, 3.05) is 13.2 Å². The van der Waals surface area contributed by atoms with Crippen LogP contribution in [-0.4, -0.2) is 24.3 Å². The van der Waals surface area contributed by atoms with Crippen molar-refractivity contribution in [1.82, 2.24) is 4.98 Å². The predicted octanol–water partition coefficient (Wildman–Crippen LogP) is 2.32. The molecule has 82 valence electrons. The average molecular weight is 215 g/mol. The van der Waals surface area contributed by atoms with Crippen LogP contribution in [0.1, 0.15) is 5.69 Å². The number of hydrogen-bond donors (Lipinski definition) is 0. The molecule has 0 radical (unpaired) electrons. The summed E-state index contributed by atoms with van der Waals surface area (Å²) in [6.45, 7) is 3.41. The smallest absolute Gasteiger partial charge is 0.141 e. The van der Waals surface area contributed by atoms with Crippen LogP contribution in [0.5, 0.6) is 5.75 Å². The molecule has 0 bridgehead atoms. The molecule has 1 aliphatic rings. The van der Waals surface area contributed by atoms with Crippen LogP contribution in [0, 0.1) is 6.92 Å². The first-order chi connectivity index (χ1) is 7.83. The van der Waals surface area contributed by atoms with Crippen LogP contribution in [0.15, 0.2) is 30.3 Å². The summed E-state index contributed by atoms with van der Waals surface area (Å²) in [6.07, 6.45) is 0.283. The second-order valence-electron chi connectivity index (χ2n) is 4.03. The number of aryl methyl sites for hydroxylation is 1. The molecule has 16 heavy (non-hydrogen) atoms. The van der Waals surface area contributed by atoms with Crippen LogP contribution >= 0.6 is 0 Å². The molecule has 0 saturated carbocycles. The Balaban J connectivity index is 1.93. The maximum Gasteiger partial charge on any atom is 0.141 e. The van der Waals surface area contributed by atoms with Crippen molar-refractivity contribution in [3.05, 3.63) is 36.0 Å². The molecule has 1 fully saturated rings. The molecule has 3 heteroatoms. The standard InChI is InChI=1S/C13H13NO2/c1-9-13(16-8-11-7-15-11)6-10-4-2-3-5-12(10)14-9/h2-6,11H,7-8H2,1H3. The van der Waals surface area contributed by atoms with Crippen LogP contribution in [0.4, 0.5) is 0 Å². The molecular formula is C13H13NO2. The summed E-state index contributed by atoms with van der Waals surface area (Å²) >= 11 is 0. The first kappa shape index (κ1) is 9.60. The third kappa shape index (κ3) is 1.86. The molecule has 0 amide bonds. The van der Waals surface area contributed by atoms with E-state index in [-0.39, 0.29) is 6.10 Å². The summed E-state index contributed by atoms with van der Waals surface area (Å²) < 4.78 is 10.8. The van der Waals surface area contributed by atoms with Gasteiger partial charge in [0.1, 0.15) is 18.5 Å². The molecule has 2 heterocycles. The van der Waals surface area contributed by atoms with Crippen molar-refractivity contribution in [1.29, 1.82) is 0 Å². The predicted molar refractivity (Wildman–Crippen MR) is 61.7 cm³/mol. The van der Waals surface area contributed by atoms with Crippen molar-refractivity contribution in [2.24, 2.45) is 0 Å². The highest BCUT2D eigenvalue weighted by atomic mass is 16.6. The summed E-state index contributed by atoms with van der Waals surface area (Å²) in [7, 11) is 0. The van der Waals surface area contributed by atoms with Gasteiger partial charge in [-0.2, -0.15) is 0 Å². The molecule has 1 saturated heterocycles. The van der Waals surface area contributed by atoms with E-state index in [1.807, 2.05) is 37.3 Å². The number of pyridine rings is 1. The number of benzene rings is 1. The third-order valence-corrected chi connectivity index (χ3v) is 2.70. The zero-order valence-electron chi connectivity index (χ0n) is 9.14. The van der Waals surface area contributed by atoms with Crippen LogP contribution in [0.3, 0.4) is 0 Å². The van der Waals surface area contributed by atoms with Crippen LogP contribution in [0.2, 0.25) is 0 Å². The lowest BCUT2D eigenvalue weighted by Crippen LogP contribution is -2.05. The van der Waals surface area contributed by atoms with Crippen molar-refractivity contribution in [2.45, 2.75) is 13.0 Å². The average Bonchev–Trinajstić information content (AvgIpc) is 3.10. The number of fused-ring (bicyclic) bond motifs is 1. The molecule has 1 atom stereocenters. The number of aromatic nitrogens is 1. The van der Waals surface area contributed by atoms with Crippen LogP contribution in [-0.2, 0) is 4.74 Å². The SMILES string of the molecule is Cc1nc2ccccc2cc1OCC1CO1. The molecule has 0 N–H and O–H groups in total. The van der Waals surface area contributed by atoms with Crippen molar-refractivity contribution in [3.63, 3.8) is 0 Å². The number of rotatable bonds is 3. The monoisotopic (exact) mass is 215 g/mol. The molecule has 0 spiro atoms. The lowest BCUT2D eigenvalue weighted by Gasteiger charge is -2.08. The summed E-state index contributed by atoms with van der Waals surface area (Å²) in [5.41, 5.74) is 1.94. The van der Waals surface area contributed by atoms with E-state index in [1.54, 1.807) is 0 Å². The molecule has 1 unspecified atom stereocenters. The molecule has 1 aliphatic heterocycles. The Morgan fingerprint density at radius 3 is 3.06 bits per heavy atom. The van der Waals surface area contributed by atoms with Gasteiger partial charge in [0.2, 0.25) is 0 Å². The van der Waals surface area contributed by atoms with Gasteiger partial charge in [0.25, 0.3) is 0 Å². The molecule has 1 aromatic heterocycles. The van der Waals surface area contributed by atoms with Crippen molar-refractivity contribution in [3.8, 4) is 5.75 Å². The highest BCUT2D eigenvalue weighted by Gasteiger charge is 2.23. The van der Waals surface area contributed by atoms with Gasteiger partial charge in [-0.05, 0) is 19.1 Å². The molecule has 3 nitrogen and oxygen atoms in total. The highest BCUT2D eigenvalue weighted by molar-refractivity contribution is 5.80. The van der Waals surface area contributed by atoms with Gasteiger partial charge in [0, 0.05) is 5.39 Å². The highest BCUT2D eigenvalue weighted by Crippen LogP contribution is 2.23. The minimum atomic E-state index is 0.283. The summed E-state index contributed by atoms with van der Waals surface area (Å²) in [5, 5.41) is 1.11. The van der Waals surface area contributed by atoms with Gasteiger partial charge in [-0.1, -0.05) is 18.2 Å². The lowest BCUT2D eigenvalue weighted by molar-refractivity contribution is 0.261. The second kappa shape index (κ2) is 3.76. The summed E-state index contributed by atoms with van der Waals surface area (Å²) in [5.74, 6) is 0.856. The second-order valence-corrected chi connectivity index (χ2v) is 4.03. The first-order valence-electron chi connectivity index (χ1n) is 5.44. The van der Waals surface area contributed by atoms with Gasteiger partial charge in [-0.3, -0.25) is 0 Å². The Morgan fingerprint density at radius 1 is 1.44 bits per heavy atom. The normalized spacial score (nSPS) is 18.7. The Hall–Kier alpha value is -1.61. The zero-order valence-corrected chi connectivity index (χ0v) is 9.14. The minimum Gasteiger partial charge on any atom is -0.489 e. The topological polar surface area (TPSA) is 34.6 Å². The first-order valence-corrected chi connectivity index (χ1v) is 5.44. The molecular weight excluding hydrogens is 202 g/mol. The van der Waals surface area contributed by atoms with E-state index in [4.69, 9.17) is 9.47 Å². The van der Waals surface area contributed by atoms with E-state index in [9.17, 15) is 0 Å². The Morgan fingerprint density at radius 2 is 2.25 bits per heavy atom. The maximum absolute atomic E-state index is 5.68. The molecule has 1 aromatic carbocycles. The van der Waals surface area contributed by atoms with Gasteiger partial charge in [0.15, 0.2) is 0 Å². The maximum atomic E-state index is 5.68. The molecule has 2 aromatic rings. The van der Waals surface area contributed by atoms with Gasteiger partial charge < -0.3 is 9.47 Å². The minimum absolute atomic E-state index is 0.283. The number of para-hydroxylation sites is 1. The van der Waals surface area contributed by atoms with E-state index in [0.717, 1.165) is 29.0 Å². The summed E-state index contributed by atoms with van der Waals surface area (Å²) in [6, 6.07) is 10.1. The lowest BCUT2D eigenvalue weighted by atomic mass is 10.2. The Labute approximate surface area is 94.0 Å². The zero-order chi connectivity index (χ0) is 11.0. The number of hydrogen-bond acceptors (Lipinski definition) is 3. The fraction of sp³-hybridized carbons (Fsp3) is 0.308. The number of ether oxygens (including phenoxy) is 2. The van der Waals surface area contributed by atoms with Crippen molar-refractivity contribution < 1.29 is 9.47 Å². The van der Waals surface area contributed by atoms with Crippen molar-refractivity contribution >= 4 is 10.9 Å². The van der Waals surface area contributed by atoms with Gasteiger partial charge in [-0.15, -0.1) is 0 Å². The fourth-order valence-corrected chi connectivity index (χ4v) is 1.69. The van der Waals surface area contributed by atoms with Crippen LogP contribution in [0.25, 0.3) is 10.9 Å². The van der Waals surface area contributed by atoms with E-state index in [2.05, 4.69) is 4.98 Å². The van der Waals surface area contributed by atoms with Gasteiger partial charge in [-0.25, -0.2) is 4.98 Å². The summed E-state index contributed by atoms with van der Waals surface area (Å²) in [4.78, 5) is 4.51.